The van der Waals surface area contributed by atoms with Gasteiger partial charge in [-0.3, -0.25) is 0 Å². The highest BCUT2D eigenvalue weighted by atomic mass is 15.2. The predicted molar refractivity (Wildman–Crippen MR) is 347 cm³/mol. The molecule has 16 rings (SSSR count). The van der Waals surface area contributed by atoms with E-state index in [2.05, 4.69) is 231 Å². The van der Waals surface area contributed by atoms with Crippen molar-refractivity contribution in [3.63, 3.8) is 0 Å². The molecule has 2 aromatic heterocycles. The zero-order valence-electron chi connectivity index (χ0n) is 46.2. The minimum Gasteiger partial charge on any atom is -0.310 e. The van der Waals surface area contributed by atoms with E-state index in [0.29, 0.717) is 22.3 Å². The summed E-state index contributed by atoms with van der Waals surface area (Å²) in [6.45, 7) is 0. The summed E-state index contributed by atoms with van der Waals surface area (Å²) in [5, 5.41) is 46.2. The highest BCUT2D eigenvalue weighted by molar-refractivity contribution is 6.12. The number of allylic oxidation sites excluding steroid dienone is 12. The molecule has 0 N–H and O–H groups in total. The van der Waals surface area contributed by atoms with Crippen LogP contribution in [0.2, 0.25) is 0 Å². The summed E-state index contributed by atoms with van der Waals surface area (Å²) in [6.07, 6.45) is 20.1. The summed E-state index contributed by atoms with van der Waals surface area (Å²) < 4.78 is 4.53. The van der Waals surface area contributed by atoms with Crippen molar-refractivity contribution in [3.05, 3.63) is 311 Å². The number of nitriles is 4. The first kappa shape index (κ1) is 49.6. The highest BCUT2D eigenvalue weighted by Gasteiger charge is 2.31. The van der Waals surface area contributed by atoms with Crippen LogP contribution in [0.5, 0.6) is 0 Å². The van der Waals surface area contributed by atoms with Crippen LogP contribution in [0.1, 0.15) is 27.8 Å². The van der Waals surface area contributed by atoms with Crippen LogP contribution in [0, 0.1) is 51.2 Å². The first-order chi connectivity index (χ1) is 42.4. The van der Waals surface area contributed by atoms with Crippen molar-refractivity contribution >= 4 is 88.9 Å². The maximum absolute atomic E-state index is 10.2. The molecule has 12 aromatic rings. The lowest BCUT2D eigenvalue weighted by atomic mass is 9.74. The molecule has 0 fully saturated rings. The van der Waals surface area contributed by atoms with Crippen molar-refractivity contribution in [3.8, 4) is 46.8 Å². The molecule has 8 heteroatoms. The van der Waals surface area contributed by atoms with Crippen molar-refractivity contribution in [2.45, 2.75) is 6.42 Å². The third-order valence-corrected chi connectivity index (χ3v) is 17.3. The Kier molecular flexibility index (Phi) is 11.4. The molecule has 0 saturated carbocycles. The number of hydrogen-bond donors (Lipinski definition) is 0. The molecule has 0 bridgehead atoms. The van der Waals surface area contributed by atoms with Crippen molar-refractivity contribution in [1.29, 1.82) is 21.0 Å². The molecule has 86 heavy (non-hydrogen) atoms. The lowest BCUT2D eigenvalue weighted by Crippen LogP contribution is -2.23. The van der Waals surface area contributed by atoms with E-state index in [1.165, 1.54) is 11.0 Å². The van der Waals surface area contributed by atoms with Crippen molar-refractivity contribution in [2.24, 2.45) is 5.92 Å². The third kappa shape index (κ3) is 8.02. The first-order valence-electron chi connectivity index (χ1n) is 28.6. The second kappa shape index (κ2) is 19.8. The van der Waals surface area contributed by atoms with Gasteiger partial charge in [-0.1, -0.05) is 91.0 Å². The molecule has 1 atom stereocenters. The number of nitrogens with zero attached hydrogens (tertiary/aromatic N) is 8. The first-order valence-corrected chi connectivity index (χ1v) is 28.6. The van der Waals surface area contributed by atoms with Gasteiger partial charge in [0.15, 0.2) is 0 Å². The Morgan fingerprint density at radius 1 is 0.407 bits per heavy atom. The molecule has 0 saturated heterocycles. The van der Waals surface area contributed by atoms with Crippen LogP contribution < -0.4 is 9.80 Å². The Morgan fingerprint density at radius 3 is 1.56 bits per heavy atom. The average Bonchev–Trinajstić information content (AvgIpc) is 1.83. The number of fused-ring (bicyclic) bond motifs is 6. The van der Waals surface area contributed by atoms with Crippen molar-refractivity contribution in [2.75, 3.05) is 9.80 Å². The molecule has 0 amide bonds. The lowest BCUT2D eigenvalue weighted by Gasteiger charge is -2.35. The number of rotatable bonds is 9. The van der Waals surface area contributed by atoms with Gasteiger partial charge in [0.05, 0.1) is 68.6 Å². The van der Waals surface area contributed by atoms with E-state index in [0.717, 1.165) is 134 Å². The highest BCUT2D eigenvalue weighted by Crippen LogP contribution is 2.47. The van der Waals surface area contributed by atoms with Crippen LogP contribution in [0.25, 0.3) is 83.0 Å². The largest absolute Gasteiger partial charge is 0.310 e. The summed E-state index contributed by atoms with van der Waals surface area (Å²) >= 11 is 0. The zero-order valence-corrected chi connectivity index (χ0v) is 46.2. The van der Waals surface area contributed by atoms with Crippen molar-refractivity contribution in [1.82, 2.24) is 9.13 Å². The molecule has 0 radical (unpaired) electrons. The summed E-state index contributed by atoms with van der Waals surface area (Å²) in [5.41, 5.74) is 22.3. The van der Waals surface area contributed by atoms with Crippen LogP contribution in [0.15, 0.2) is 283 Å². The quantitative estimate of drug-likeness (QED) is 0.142. The number of hydrogen-bond acceptors (Lipinski definition) is 6. The average molecular weight is 1100 g/mol. The minimum atomic E-state index is 0.0527. The van der Waals surface area contributed by atoms with E-state index < -0.39 is 0 Å². The Labute approximate surface area is 496 Å². The van der Waals surface area contributed by atoms with Crippen LogP contribution in [-0.4, -0.2) is 9.13 Å². The summed E-state index contributed by atoms with van der Waals surface area (Å²) in [6, 6.07) is 81.3. The van der Waals surface area contributed by atoms with Gasteiger partial charge in [-0.05, 0) is 226 Å². The summed E-state index contributed by atoms with van der Waals surface area (Å²) in [4.78, 5) is 4.65. The number of aromatic nitrogens is 2. The Hall–Kier alpha value is -12.2. The van der Waals surface area contributed by atoms with Gasteiger partial charge in [0.1, 0.15) is 0 Å². The normalized spacial score (nSPS) is 14.6. The molecule has 2 heterocycles. The van der Waals surface area contributed by atoms with Gasteiger partial charge in [0, 0.05) is 73.0 Å². The molecule has 4 aliphatic carbocycles. The maximum atomic E-state index is 10.2. The Morgan fingerprint density at radius 2 is 0.965 bits per heavy atom. The van der Waals surface area contributed by atoms with Gasteiger partial charge < -0.3 is 18.9 Å². The second-order valence-corrected chi connectivity index (χ2v) is 22.2. The molecular weight excluding hydrogens is 1050 g/mol. The van der Waals surface area contributed by atoms with E-state index in [4.69, 9.17) is 0 Å². The van der Waals surface area contributed by atoms with Gasteiger partial charge >= 0.3 is 0 Å². The van der Waals surface area contributed by atoms with Crippen LogP contribution >= 0.6 is 0 Å². The molecular formula is C78H46N8. The summed E-state index contributed by atoms with van der Waals surface area (Å²) in [5.74, 6) is 0.0527. The Bertz CT molecular complexity index is 5340. The van der Waals surface area contributed by atoms with Gasteiger partial charge in [-0.25, -0.2) is 0 Å². The predicted octanol–water partition coefficient (Wildman–Crippen LogP) is 18.8. The molecule has 398 valence electrons. The van der Waals surface area contributed by atoms with Gasteiger partial charge in [-0.2, -0.15) is 21.0 Å². The van der Waals surface area contributed by atoms with E-state index in [1.807, 2.05) is 72.8 Å². The van der Waals surface area contributed by atoms with E-state index in [1.54, 1.807) is 0 Å². The fourth-order valence-corrected chi connectivity index (χ4v) is 13.5. The fourth-order valence-electron chi connectivity index (χ4n) is 13.5. The number of anilines is 5. The van der Waals surface area contributed by atoms with Crippen LogP contribution in [-0.2, 0) is 6.42 Å². The monoisotopic (exact) mass is 1090 g/mol. The SMILES string of the molecule is N#CC1=CC2=CC=CC3=CC(N(c4ccc(-c5ccc(N(c6cc7c8c(cc(C#N)cc8c6)CC=C7)c6ccc7c(c6)c6ccccc6n7-c6ccc(C#N)cc6)cc5)cc4)c4ccc5c(c4)c4ccccc4n5-c4ccc(C#N)cc4)=CC(=C1)C23. The van der Waals surface area contributed by atoms with E-state index in [9.17, 15) is 21.0 Å². The standard InChI is InChI=1S/C78H46N8/c79-45-49-15-23-63(24-16-49)85-73-13-3-1-11-69(73)71-43-65(31-33-75(71)85)83(67-39-57-9-5-7-55-35-51(47-81)37-59(41-67)77(55)57)61-27-19-53(20-28-61)54-21-29-62(30-22-54)84(68-40-58-10-6-8-56-36-52(48-82)38-60(42-68)78(56)58)66-32-34-76-72(44-66)70-12-2-4-14-74(70)86(76)64-25-17-50(46-80)18-26-64/h1-7,9-44,77H,8H2. The zero-order chi connectivity index (χ0) is 57.6. The number of benzene rings is 10. The lowest BCUT2D eigenvalue weighted by molar-refractivity contribution is 0.863. The summed E-state index contributed by atoms with van der Waals surface area (Å²) in [7, 11) is 0. The molecule has 0 spiro atoms. The van der Waals surface area contributed by atoms with Gasteiger partial charge in [0.2, 0.25) is 0 Å². The van der Waals surface area contributed by atoms with E-state index in [-0.39, 0.29) is 5.92 Å². The van der Waals surface area contributed by atoms with E-state index >= 15 is 0 Å². The second-order valence-electron chi connectivity index (χ2n) is 22.2. The molecule has 0 aliphatic heterocycles. The molecule has 10 aromatic carbocycles. The Balaban J connectivity index is 0.813. The van der Waals surface area contributed by atoms with Gasteiger partial charge in [-0.15, -0.1) is 0 Å². The fraction of sp³-hybridized carbons (Fsp3) is 0.0256. The molecule has 8 nitrogen and oxygen atoms in total. The molecule has 4 aliphatic rings. The third-order valence-electron chi connectivity index (χ3n) is 17.3. The van der Waals surface area contributed by atoms with Crippen LogP contribution in [0.3, 0.4) is 0 Å². The topological polar surface area (TPSA) is 112 Å². The molecule has 1 unspecified atom stereocenters. The minimum absolute atomic E-state index is 0.0527. The van der Waals surface area contributed by atoms with Gasteiger partial charge in [0.25, 0.3) is 0 Å². The van der Waals surface area contributed by atoms with Crippen molar-refractivity contribution < 1.29 is 0 Å². The maximum Gasteiger partial charge on any atom is 0.0991 e. The van der Waals surface area contributed by atoms with Crippen LogP contribution in [0.4, 0.5) is 28.4 Å². The number of para-hydroxylation sites is 2. The smallest absolute Gasteiger partial charge is 0.0991 e.